The summed E-state index contributed by atoms with van der Waals surface area (Å²) in [7, 11) is 10.2. The molecule has 0 saturated carbocycles. The van der Waals surface area contributed by atoms with Crippen LogP contribution in [0.5, 0.6) is 5.75 Å². The van der Waals surface area contributed by atoms with E-state index in [1.807, 2.05) is 26.1 Å². The van der Waals surface area contributed by atoms with E-state index >= 15 is 0 Å². The highest BCUT2D eigenvalue weighted by atomic mass is 16.5. The number of rotatable bonds is 10. The van der Waals surface area contributed by atoms with Crippen molar-refractivity contribution in [2.24, 2.45) is 0 Å². The minimum absolute atomic E-state index is 0.708. The lowest BCUT2D eigenvalue weighted by Gasteiger charge is -2.23. The van der Waals surface area contributed by atoms with Gasteiger partial charge in [0.1, 0.15) is 13.6 Å². The lowest BCUT2D eigenvalue weighted by molar-refractivity contribution is 0.412. The molecule has 0 amide bonds. The summed E-state index contributed by atoms with van der Waals surface area (Å²) in [6, 6.07) is 4.07. The Hall–Kier alpha value is -2.36. The predicted molar refractivity (Wildman–Crippen MR) is 129 cm³/mol. The first-order valence-electron chi connectivity index (χ1n) is 10.5. The number of benzene rings is 1. The Bertz CT molecular complexity index is 816. The molecule has 2 N–H and O–H groups in total. The SMILES string of the molecule is [B]C(=C/C)/C(Nc1c(C)ccc(OC)c1C)=C(/C=C\CCC)C(NC)=C(C)CC. The third-order valence-corrected chi connectivity index (χ3v) is 5.18. The van der Waals surface area contributed by atoms with Gasteiger partial charge in [0.25, 0.3) is 0 Å². The standard InChI is InChI=1S/C25H37BN2O/c1-9-12-13-14-20(24(27-7)17(4)10-2)25(21(26)11-3)28-23-18(5)15-16-22(29-8)19(23)6/h11,13-16,27-28H,9-10,12H2,1-8H3/b14-13-,21-11+,24-17?,25-20+. The molecule has 0 aliphatic heterocycles. The van der Waals surface area contributed by atoms with E-state index in [2.05, 4.69) is 63.5 Å². The number of aryl methyl sites for hydroxylation is 1. The van der Waals surface area contributed by atoms with Crippen molar-refractivity contribution in [2.45, 2.75) is 60.8 Å². The maximum Gasteiger partial charge on any atom is 0.123 e. The van der Waals surface area contributed by atoms with Crippen LogP contribution in [-0.2, 0) is 0 Å². The maximum absolute atomic E-state index is 6.50. The van der Waals surface area contributed by atoms with Gasteiger partial charge in [0, 0.05) is 35.3 Å². The van der Waals surface area contributed by atoms with Gasteiger partial charge in [-0.05, 0) is 57.7 Å². The average molecular weight is 392 g/mol. The summed E-state index contributed by atoms with van der Waals surface area (Å²) >= 11 is 0. The molecule has 1 rings (SSSR count). The average Bonchev–Trinajstić information content (AvgIpc) is 2.73. The number of nitrogens with one attached hydrogen (secondary N) is 2. The summed E-state index contributed by atoms with van der Waals surface area (Å²) in [6.45, 7) is 12.6. The minimum atomic E-state index is 0.708. The van der Waals surface area contributed by atoms with Crippen molar-refractivity contribution < 1.29 is 4.74 Å². The molecule has 3 nitrogen and oxygen atoms in total. The molecule has 0 spiro atoms. The number of likely N-dealkylation sites (N-methyl/N-ethyl adjacent to an activating group) is 1. The van der Waals surface area contributed by atoms with E-state index in [0.29, 0.717) is 5.47 Å². The number of ether oxygens (including phenoxy) is 1. The molecule has 1 aromatic carbocycles. The van der Waals surface area contributed by atoms with Crippen molar-refractivity contribution in [2.75, 3.05) is 19.5 Å². The summed E-state index contributed by atoms with van der Waals surface area (Å²) in [5.74, 6) is 0.855. The first-order valence-corrected chi connectivity index (χ1v) is 10.5. The molecule has 0 aromatic heterocycles. The van der Waals surface area contributed by atoms with Crippen molar-refractivity contribution in [3.8, 4) is 5.75 Å². The topological polar surface area (TPSA) is 33.3 Å². The van der Waals surface area contributed by atoms with Gasteiger partial charge < -0.3 is 15.4 Å². The van der Waals surface area contributed by atoms with Crippen LogP contribution < -0.4 is 15.4 Å². The largest absolute Gasteiger partial charge is 0.496 e. The summed E-state index contributed by atoms with van der Waals surface area (Å²) in [6.07, 6.45) is 9.41. The first kappa shape index (κ1) is 24.7. The van der Waals surface area contributed by atoms with Gasteiger partial charge in [0.2, 0.25) is 0 Å². The molecule has 0 aliphatic rings. The fraction of sp³-hybridized carbons (Fsp3) is 0.440. The van der Waals surface area contributed by atoms with Gasteiger partial charge in [-0.15, -0.1) is 0 Å². The Morgan fingerprint density at radius 2 is 1.86 bits per heavy atom. The van der Waals surface area contributed by atoms with Crippen molar-refractivity contribution in [3.05, 3.63) is 69.5 Å². The van der Waals surface area contributed by atoms with Crippen LogP contribution in [-0.4, -0.2) is 22.0 Å². The lowest BCUT2D eigenvalue weighted by Crippen LogP contribution is -2.16. The van der Waals surface area contributed by atoms with E-state index < -0.39 is 0 Å². The second-order valence-electron chi connectivity index (χ2n) is 7.19. The maximum atomic E-state index is 6.50. The first-order chi connectivity index (χ1) is 13.9. The number of allylic oxidation sites excluding steroid dienone is 5. The van der Waals surface area contributed by atoms with Crippen molar-refractivity contribution in [1.29, 1.82) is 0 Å². The molecule has 0 unspecified atom stereocenters. The van der Waals surface area contributed by atoms with Crippen LogP contribution >= 0.6 is 0 Å². The van der Waals surface area contributed by atoms with Gasteiger partial charge in [0.05, 0.1) is 7.11 Å². The van der Waals surface area contributed by atoms with Crippen molar-refractivity contribution >= 4 is 13.5 Å². The van der Waals surface area contributed by atoms with Crippen LogP contribution in [0.25, 0.3) is 0 Å². The van der Waals surface area contributed by atoms with Crippen LogP contribution in [0.4, 0.5) is 5.69 Å². The van der Waals surface area contributed by atoms with Crippen LogP contribution in [0, 0.1) is 13.8 Å². The number of hydrogen-bond acceptors (Lipinski definition) is 3. The molecule has 4 heteroatoms. The van der Waals surface area contributed by atoms with Gasteiger partial charge in [-0.1, -0.05) is 50.0 Å². The van der Waals surface area contributed by atoms with Crippen LogP contribution in [0.3, 0.4) is 0 Å². The fourth-order valence-corrected chi connectivity index (χ4v) is 3.22. The highest BCUT2D eigenvalue weighted by Crippen LogP contribution is 2.32. The predicted octanol–water partition coefficient (Wildman–Crippen LogP) is 6.31. The summed E-state index contributed by atoms with van der Waals surface area (Å²) in [5, 5.41) is 7.04. The zero-order chi connectivity index (χ0) is 22.0. The smallest absolute Gasteiger partial charge is 0.123 e. The Morgan fingerprint density at radius 3 is 2.38 bits per heavy atom. The van der Waals surface area contributed by atoms with E-state index in [1.165, 1.54) is 5.57 Å². The van der Waals surface area contributed by atoms with Gasteiger partial charge in [-0.25, -0.2) is 0 Å². The van der Waals surface area contributed by atoms with E-state index in [1.54, 1.807) is 7.11 Å². The highest BCUT2D eigenvalue weighted by molar-refractivity contribution is 6.24. The van der Waals surface area contributed by atoms with Gasteiger partial charge >= 0.3 is 0 Å². The van der Waals surface area contributed by atoms with Crippen LogP contribution in [0.2, 0.25) is 0 Å². The molecule has 0 fully saturated rings. The Balaban J connectivity index is 3.80. The third kappa shape index (κ3) is 6.32. The van der Waals surface area contributed by atoms with Gasteiger partial charge in [-0.3, -0.25) is 0 Å². The zero-order valence-corrected chi connectivity index (χ0v) is 19.5. The Labute approximate surface area is 179 Å². The Morgan fingerprint density at radius 1 is 1.17 bits per heavy atom. The Kier molecular flexibility index (Phi) is 10.4. The fourth-order valence-electron chi connectivity index (χ4n) is 3.22. The van der Waals surface area contributed by atoms with Crippen molar-refractivity contribution in [3.63, 3.8) is 0 Å². The normalized spacial score (nSPS) is 13.9. The minimum Gasteiger partial charge on any atom is -0.496 e. The van der Waals surface area contributed by atoms with Crippen molar-refractivity contribution in [1.82, 2.24) is 5.32 Å². The van der Waals surface area contributed by atoms with E-state index in [4.69, 9.17) is 12.6 Å². The number of anilines is 1. The molecule has 1 aromatic rings. The summed E-state index contributed by atoms with van der Waals surface area (Å²) < 4.78 is 5.54. The molecule has 0 saturated heterocycles. The lowest BCUT2D eigenvalue weighted by atomic mass is 9.87. The molecule has 0 aliphatic carbocycles. The van der Waals surface area contributed by atoms with Gasteiger partial charge in [-0.2, -0.15) is 0 Å². The molecule has 29 heavy (non-hydrogen) atoms. The molecule has 2 radical (unpaired) electrons. The van der Waals surface area contributed by atoms with E-state index in [9.17, 15) is 0 Å². The van der Waals surface area contributed by atoms with Crippen LogP contribution in [0.1, 0.15) is 58.1 Å². The number of unbranched alkanes of at least 4 members (excludes halogenated alkanes) is 1. The molecule has 156 valence electrons. The van der Waals surface area contributed by atoms with Gasteiger partial charge in [0.15, 0.2) is 0 Å². The number of methoxy groups -OCH3 is 1. The quantitative estimate of drug-likeness (QED) is 0.362. The number of hydrogen-bond donors (Lipinski definition) is 2. The second-order valence-corrected chi connectivity index (χ2v) is 7.19. The molecular formula is C25H37BN2O. The highest BCUT2D eigenvalue weighted by Gasteiger charge is 2.16. The second kappa shape index (κ2) is 12.3. The molecular weight excluding hydrogens is 355 g/mol. The monoisotopic (exact) mass is 392 g/mol. The molecule has 0 bridgehead atoms. The summed E-state index contributed by atoms with van der Waals surface area (Å²) in [4.78, 5) is 0. The zero-order valence-electron chi connectivity index (χ0n) is 19.5. The third-order valence-electron chi connectivity index (χ3n) is 5.18. The van der Waals surface area contributed by atoms with E-state index in [-0.39, 0.29) is 0 Å². The molecule has 0 heterocycles. The van der Waals surface area contributed by atoms with E-state index in [0.717, 1.165) is 58.8 Å². The van der Waals surface area contributed by atoms with Crippen LogP contribution in [0.15, 0.2) is 58.4 Å². The molecule has 0 atom stereocenters. The summed E-state index contributed by atoms with van der Waals surface area (Å²) in [5.41, 5.74) is 8.29.